The van der Waals surface area contributed by atoms with Gasteiger partial charge in [0.15, 0.2) is 17.0 Å². The summed E-state index contributed by atoms with van der Waals surface area (Å²) in [4.78, 5) is 26.2. The number of hydrogen-bond donors (Lipinski definition) is 2. The van der Waals surface area contributed by atoms with Crippen molar-refractivity contribution < 1.29 is 19.0 Å². The molecule has 1 aromatic carbocycles. The van der Waals surface area contributed by atoms with Crippen LogP contribution in [0.5, 0.6) is 5.75 Å². The molecule has 1 unspecified atom stereocenters. The Bertz CT molecular complexity index is 990. The average Bonchev–Trinajstić information content (AvgIpc) is 3.46. The highest BCUT2D eigenvalue weighted by Gasteiger charge is 2.33. The summed E-state index contributed by atoms with van der Waals surface area (Å²) >= 11 is 0. The quantitative estimate of drug-likeness (QED) is 0.736. The van der Waals surface area contributed by atoms with Crippen molar-refractivity contribution in [3.05, 3.63) is 33.9 Å². The Morgan fingerprint density at radius 1 is 1.36 bits per heavy atom. The lowest BCUT2D eigenvalue weighted by Crippen LogP contribution is -2.50. The second kappa shape index (κ2) is 7.71. The van der Waals surface area contributed by atoms with E-state index in [9.17, 15) is 14.7 Å². The van der Waals surface area contributed by atoms with Gasteiger partial charge in [-0.25, -0.2) is 9.18 Å². The fourth-order valence-electron chi connectivity index (χ4n) is 3.94. The number of anilines is 1. The molecule has 2 heterocycles. The van der Waals surface area contributed by atoms with Crippen LogP contribution in [0.25, 0.3) is 10.9 Å². The third-order valence-corrected chi connectivity index (χ3v) is 5.34. The Morgan fingerprint density at radius 2 is 2.07 bits per heavy atom. The number of piperazine rings is 1. The number of ether oxygens (including phenoxy) is 1. The number of rotatable bonds is 4. The minimum absolute atomic E-state index is 0. The van der Waals surface area contributed by atoms with Gasteiger partial charge >= 0.3 is 5.97 Å². The molecule has 2 N–H and O–H groups in total. The number of carboxylic acids is 1. The molecule has 2 aliphatic rings. The highest BCUT2D eigenvalue weighted by Crippen LogP contribution is 2.44. The van der Waals surface area contributed by atoms with Crippen LogP contribution in [0.1, 0.15) is 36.3 Å². The van der Waals surface area contributed by atoms with Crippen LogP contribution < -0.4 is 20.4 Å². The van der Waals surface area contributed by atoms with Crippen molar-refractivity contribution in [3.63, 3.8) is 0 Å². The summed E-state index contributed by atoms with van der Waals surface area (Å²) in [6.45, 7) is 3.98. The van der Waals surface area contributed by atoms with Crippen LogP contribution in [0.3, 0.4) is 0 Å². The third-order valence-electron chi connectivity index (χ3n) is 5.34. The molecule has 1 atom stereocenters. The van der Waals surface area contributed by atoms with Crippen LogP contribution in [0.2, 0.25) is 0 Å². The average molecular weight is 456 g/mol. The summed E-state index contributed by atoms with van der Waals surface area (Å²) in [6.07, 6.45) is 1.64. The zero-order valence-electron chi connectivity index (χ0n) is 15.7. The number of fused-ring (bicyclic) bond motifs is 1. The van der Waals surface area contributed by atoms with Gasteiger partial charge in [0.1, 0.15) is 11.4 Å². The minimum atomic E-state index is -1.18. The van der Waals surface area contributed by atoms with Gasteiger partial charge in [0, 0.05) is 37.8 Å². The molecule has 0 radical (unpaired) electrons. The van der Waals surface area contributed by atoms with Gasteiger partial charge in [0.05, 0.1) is 18.0 Å². The summed E-state index contributed by atoms with van der Waals surface area (Å²) in [5.74, 6) is -1.48. The molecule has 1 saturated carbocycles. The van der Waals surface area contributed by atoms with Gasteiger partial charge < -0.3 is 24.6 Å². The van der Waals surface area contributed by atoms with Gasteiger partial charge in [-0.1, -0.05) is 0 Å². The lowest BCUT2D eigenvalue weighted by molar-refractivity contribution is 0.0684. The molecule has 1 aliphatic carbocycles. The largest absolute Gasteiger partial charge is 0.492 e. The van der Waals surface area contributed by atoms with E-state index in [0.29, 0.717) is 25.2 Å². The molecule has 4 rings (SSSR count). The van der Waals surface area contributed by atoms with E-state index >= 15 is 4.39 Å². The van der Waals surface area contributed by atoms with Crippen molar-refractivity contribution in [2.24, 2.45) is 0 Å². The highest BCUT2D eigenvalue weighted by atomic mass is 79.9. The van der Waals surface area contributed by atoms with E-state index in [1.807, 2.05) is 11.8 Å². The van der Waals surface area contributed by atoms with Crippen molar-refractivity contribution in [3.8, 4) is 5.75 Å². The Labute approximate surface area is 171 Å². The number of aromatic carboxylic acids is 1. The van der Waals surface area contributed by atoms with Crippen molar-refractivity contribution in [1.29, 1.82) is 0 Å². The van der Waals surface area contributed by atoms with Crippen molar-refractivity contribution in [2.45, 2.75) is 31.8 Å². The first-order valence-corrected chi connectivity index (χ1v) is 9.10. The van der Waals surface area contributed by atoms with Crippen molar-refractivity contribution in [2.75, 3.05) is 31.6 Å². The number of benzene rings is 1. The molecule has 152 valence electrons. The van der Waals surface area contributed by atoms with Crippen LogP contribution in [0.4, 0.5) is 10.1 Å². The van der Waals surface area contributed by atoms with E-state index < -0.39 is 17.2 Å². The van der Waals surface area contributed by atoms with Crippen molar-refractivity contribution >= 4 is 39.5 Å². The topological polar surface area (TPSA) is 83.8 Å². The van der Waals surface area contributed by atoms with Crippen LogP contribution in [0.15, 0.2) is 16.9 Å². The molecular formula is C19H23BrFN3O4. The highest BCUT2D eigenvalue weighted by molar-refractivity contribution is 8.93. The van der Waals surface area contributed by atoms with Crippen molar-refractivity contribution in [1.82, 2.24) is 9.88 Å². The lowest BCUT2D eigenvalue weighted by atomic mass is 10.1. The Morgan fingerprint density at radius 3 is 2.64 bits per heavy atom. The van der Waals surface area contributed by atoms with Crippen LogP contribution >= 0.6 is 17.0 Å². The number of pyridine rings is 1. The normalized spacial score (nSPS) is 19.4. The molecule has 0 amide bonds. The lowest BCUT2D eigenvalue weighted by Gasteiger charge is -2.37. The molecule has 2 aromatic rings. The van der Waals surface area contributed by atoms with E-state index in [2.05, 4.69) is 5.32 Å². The van der Waals surface area contributed by atoms with Crippen LogP contribution in [-0.4, -0.2) is 48.4 Å². The summed E-state index contributed by atoms with van der Waals surface area (Å²) in [5, 5.41) is 13.0. The van der Waals surface area contributed by atoms with Gasteiger partial charge in [0.25, 0.3) is 0 Å². The van der Waals surface area contributed by atoms with Gasteiger partial charge in [0.2, 0.25) is 0 Å². The molecule has 9 heteroatoms. The first kappa shape index (κ1) is 20.6. The molecule has 0 bridgehead atoms. The summed E-state index contributed by atoms with van der Waals surface area (Å²) in [5.41, 5.74) is 0.0537. The number of nitrogens with zero attached hydrogens (tertiary/aromatic N) is 2. The smallest absolute Gasteiger partial charge is 0.352 e. The number of methoxy groups -OCH3 is 1. The van der Waals surface area contributed by atoms with E-state index in [4.69, 9.17) is 4.74 Å². The minimum Gasteiger partial charge on any atom is -0.492 e. The predicted octanol–water partition coefficient (Wildman–Crippen LogP) is 2.56. The van der Waals surface area contributed by atoms with E-state index in [0.717, 1.165) is 18.9 Å². The maximum absolute atomic E-state index is 15.1. The van der Waals surface area contributed by atoms with Gasteiger partial charge in [-0.05, 0) is 25.8 Å². The maximum atomic E-state index is 15.1. The first-order valence-electron chi connectivity index (χ1n) is 9.10. The van der Waals surface area contributed by atoms with Gasteiger partial charge in [-0.2, -0.15) is 0 Å². The molecule has 0 spiro atoms. The predicted molar refractivity (Wildman–Crippen MR) is 110 cm³/mol. The molecule has 1 aliphatic heterocycles. The third kappa shape index (κ3) is 3.26. The van der Waals surface area contributed by atoms with Crippen LogP contribution in [-0.2, 0) is 0 Å². The number of hydrogen-bond acceptors (Lipinski definition) is 5. The molecule has 1 aromatic heterocycles. The Kier molecular flexibility index (Phi) is 5.67. The maximum Gasteiger partial charge on any atom is 0.352 e. The number of halogens is 2. The molecular weight excluding hydrogens is 433 g/mol. The fraction of sp³-hybridized carbons (Fsp3) is 0.474. The van der Waals surface area contributed by atoms with Gasteiger partial charge in [-0.3, -0.25) is 4.79 Å². The summed E-state index contributed by atoms with van der Waals surface area (Å²) in [7, 11) is 1.43. The molecule has 1 saturated heterocycles. The standard InChI is InChI=1S/C19H22FN3O4.BrH/c1-10-9-21-5-6-22(10)17-13(20)7-12-15(24)8-14(19(25)26)23(11-3-4-11)16(12)18(17)27-2;/h7-8,10-11,21H,3-6,9H2,1-2H3,(H,25,26);1H. The zero-order chi connectivity index (χ0) is 19.3. The number of carbonyl (C=O) groups is 1. The zero-order valence-corrected chi connectivity index (χ0v) is 17.4. The second-order valence-electron chi connectivity index (χ2n) is 7.18. The molecule has 2 fully saturated rings. The summed E-state index contributed by atoms with van der Waals surface area (Å²) in [6, 6.07) is 2.30. The van der Waals surface area contributed by atoms with E-state index in [-0.39, 0.29) is 51.6 Å². The van der Waals surface area contributed by atoms with Crippen LogP contribution in [0, 0.1) is 5.82 Å². The number of carboxylic acid groups (broad SMARTS) is 1. The van der Waals surface area contributed by atoms with Gasteiger partial charge in [-0.15, -0.1) is 17.0 Å². The number of aromatic nitrogens is 1. The monoisotopic (exact) mass is 455 g/mol. The fourth-order valence-corrected chi connectivity index (χ4v) is 3.94. The molecule has 28 heavy (non-hydrogen) atoms. The SMILES string of the molecule is Br.COc1c(N2CCNCC2C)c(F)cc2c(=O)cc(C(=O)O)n(C3CC3)c12. The Balaban J connectivity index is 0.00000225. The second-order valence-corrected chi connectivity index (χ2v) is 7.18. The van der Waals surface area contributed by atoms with E-state index in [1.54, 1.807) is 4.57 Å². The first-order chi connectivity index (χ1) is 12.9. The molecule has 7 nitrogen and oxygen atoms in total. The number of nitrogens with one attached hydrogen (secondary N) is 1. The Hall–Kier alpha value is -2.13. The summed E-state index contributed by atoms with van der Waals surface area (Å²) < 4.78 is 22.3. The van der Waals surface area contributed by atoms with E-state index in [1.165, 1.54) is 13.2 Å².